The molecule has 70 valence electrons. The summed E-state index contributed by atoms with van der Waals surface area (Å²) in [5, 5.41) is 6.50. The molecule has 1 heterocycles. The van der Waals surface area contributed by atoms with Crippen molar-refractivity contribution < 1.29 is 13.9 Å². The smallest absolute Gasteiger partial charge is 0.360 e. The van der Waals surface area contributed by atoms with E-state index < -0.39 is 5.97 Å². The number of esters is 1. The zero-order valence-corrected chi connectivity index (χ0v) is 7.48. The van der Waals surface area contributed by atoms with Gasteiger partial charge in [-0.25, -0.2) is 15.0 Å². The average molecular weight is 182 g/mol. The number of carbonyl (C=O) groups excluding carboxylic acids is 1. The van der Waals surface area contributed by atoms with Crippen molar-refractivity contribution in [3.05, 3.63) is 17.8 Å². The van der Waals surface area contributed by atoms with Gasteiger partial charge in [-0.15, -0.1) is 0 Å². The Bertz CT molecular complexity index is 291. The molecule has 0 N–H and O–H groups in total. The zero-order chi connectivity index (χ0) is 10.3. The molecule has 0 spiro atoms. The average Bonchev–Trinajstić information content (AvgIpc) is 2.56. The third kappa shape index (κ3) is 3.38. The first-order chi connectivity index (χ1) is 6.24. The minimum Gasteiger partial charge on any atom is -0.461 e. The predicted molar refractivity (Wildman–Crippen MR) is 43.9 cm³/mol. The first kappa shape index (κ1) is 11.2. The Labute approximate surface area is 75.9 Å². The first-order valence-electron chi connectivity index (χ1n) is 3.59. The lowest BCUT2D eigenvalue weighted by Crippen LogP contribution is -2.04. The SMILES string of the molecule is C#N.CCOC(=O)c1coc(C)n1. The van der Waals surface area contributed by atoms with E-state index >= 15 is 0 Å². The molecule has 0 fully saturated rings. The minimum absolute atomic E-state index is 0.226. The number of ether oxygens (including phenoxy) is 1. The molecule has 0 aliphatic heterocycles. The molecule has 5 heteroatoms. The summed E-state index contributed by atoms with van der Waals surface area (Å²) < 4.78 is 9.50. The second-order valence-electron chi connectivity index (χ2n) is 1.97. The number of nitriles is 1. The molecule has 1 aromatic rings. The lowest BCUT2D eigenvalue weighted by atomic mass is 10.5. The first-order valence-corrected chi connectivity index (χ1v) is 3.59. The highest BCUT2D eigenvalue weighted by Crippen LogP contribution is 2.01. The number of carbonyl (C=O) groups is 1. The second kappa shape index (κ2) is 5.77. The lowest BCUT2D eigenvalue weighted by Gasteiger charge is -1.94. The molecule has 13 heavy (non-hydrogen) atoms. The Morgan fingerprint density at radius 2 is 2.38 bits per heavy atom. The van der Waals surface area contributed by atoms with Gasteiger partial charge < -0.3 is 9.15 Å². The Balaban J connectivity index is 0.000000671. The molecule has 1 aromatic heterocycles. The zero-order valence-electron chi connectivity index (χ0n) is 7.48. The van der Waals surface area contributed by atoms with Crippen LogP contribution in [-0.2, 0) is 4.74 Å². The topological polar surface area (TPSA) is 76.1 Å². The summed E-state index contributed by atoms with van der Waals surface area (Å²) in [6.45, 7) is 7.26. The molecule has 0 aromatic carbocycles. The minimum atomic E-state index is -0.440. The maximum absolute atomic E-state index is 10.9. The van der Waals surface area contributed by atoms with Crippen molar-refractivity contribution in [3.8, 4) is 6.57 Å². The van der Waals surface area contributed by atoms with E-state index in [1.165, 1.54) is 6.26 Å². The van der Waals surface area contributed by atoms with E-state index in [2.05, 4.69) is 16.3 Å². The van der Waals surface area contributed by atoms with Gasteiger partial charge in [0.1, 0.15) is 6.26 Å². The van der Waals surface area contributed by atoms with Crippen LogP contribution in [0.15, 0.2) is 10.7 Å². The van der Waals surface area contributed by atoms with Crippen LogP contribution >= 0.6 is 0 Å². The summed E-state index contributed by atoms with van der Waals surface area (Å²) in [6.07, 6.45) is 1.29. The summed E-state index contributed by atoms with van der Waals surface area (Å²) >= 11 is 0. The third-order valence-electron chi connectivity index (χ3n) is 1.10. The molecule has 0 atom stereocenters. The summed E-state index contributed by atoms with van der Waals surface area (Å²) in [5.74, 6) is 0.0254. The number of hydrogen-bond acceptors (Lipinski definition) is 5. The molecule has 1 rings (SSSR count). The molecular weight excluding hydrogens is 172 g/mol. The van der Waals surface area contributed by atoms with E-state index in [-0.39, 0.29) is 5.69 Å². The molecule has 0 amide bonds. The molecule has 0 aliphatic carbocycles. The van der Waals surface area contributed by atoms with Gasteiger partial charge >= 0.3 is 5.97 Å². The van der Waals surface area contributed by atoms with Crippen LogP contribution in [0.2, 0.25) is 0 Å². The quantitative estimate of drug-likeness (QED) is 0.644. The van der Waals surface area contributed by atoms with Gasteiger partial charge in [0.15, 0.2) is 11.6 Å². The summed E-state index contributed by atoms with van der Waals surface area (Å²) in [5.41, 5.74) is 0.226. The van der Waals surface area contributed by atoms with Gasteiger partial charge in [-0.05, 0) is 6.92 Å². The molecule has 0 radical (unpaired) electrons. The third-order valence-corrected chi connectivity index (χ3v) is 1.10. The van der Waals surface area contributed by atoms with Crippen LogP contribution in [-0.4, -0.2) is 17.6 Å². The van der Waals surface area contributed by atoms with Crippen LogP contribution in [0.3, 0.4) is 0 Å². The van der Waals surface area contributed by atoms with Crippen molar-refractivity contribution in [2.24, 2.45) is 0 Å². The van der Waals surface area contributed by atoms with Crippen LogP contribution in [0.25, 0.3) is 0 Å². The lowest BCUT2D eigenvalue weighted by molar-refractivity contribution is 0.0519. The van der Waals surface area contributed by atoms with Gasteiger partial charge in [0.05, 0.1) is 6.61 Å². The largest absolute Gasteiger partial charge is 0.461 e. The Kier molecular flexibility index (Phi) is 4.96. The van der Waals surface area contributed by atoms with Crippen LogP contribution in [0.4, 0.5) is 0 Å². The molecule has 0 saturated carbocycles. The maximum Gasteiger partial charge on any atom is 0.360 e. The molecule has 0 aliphatic rings. The monoisotopic (exact) mass is 182 g/mol. The van der Waals surface area contributed by atoms with Gasteiger partial charge in [0, 0.05) is 13.5 Å². The van der Waals surface area contributed by atoms with E-state index in [9.17, 15) is 4.79 Å². The van der Waals surface area contributed by atoms with E-state index in [4.69, 9.17) is 9.68 Å². The standard InChI is InChI=1S/C7H9NO3.CHN/c1-3-10-7(9)6-4-11-5(2)8-6;1-2/h4H,3H2,1-2H3;1H. The second-order valence-corrected chi connectivity index (χ2v) is 1.97. The Morgan fingerprint density at radius 3 is 2.77 bits per heavy atom. The van der Waals surface area contributed by atoms with Gasteiger partial charge in [-0.2, -0.15) is 0 Å². The highest BCUT2D eigenvalue weighted by molar-refractivity contribution is 5.86. The maximum atomic E-state index is 10.9. The van der Waals surface area contributed by atoms with Crippen molar-refractivity contribution in [2.75, 3.05) is 6.61 Å². The van der Waals surface area contributed by atoms with Crippen LogP contribution in [0.5, 0.6) is 0 Å². The Morgan fingerprint density at radius 1 is 1.77 bits per heavy atom. The number of aromatic nitrogens is 1. The van der Waals surface area contributed by atoms with Crippen molar-refractivity contribution in [1.82, 2.24) is 4.98 Å². The van der Waals surface area contributed by atoms with E-state index in [1.54, 1.807) is 13.8 Å². The van der Waals surface area contributed by atoms with Crippen molar-refractivity contribution in [1.29, 1.82) is 5.26 Å². The van der Waals surface area contributed by atoms with Crippen molar-refractivity contribution in [2.45, 2.75) is 13.8 Å². The van der Waals surface area contributed by atoms with Crippen LogP contribution < -0.4 is 0 Å². The normalized spacial score (nSPS) is 8.31. The van der Waals surface area contributed by atoms with E-state index in [1.807, 2.05) is 0 Å². The molecule has 5 nitrogen and oxygen atoms in total. The molecule has 0 unspecified atom stereocenters. The molecule has 0 bridgehead atoms. The van der Waals surface area contributed by atoms with Crippen molar-refractivity contribution in [3.63, 3.8) is 0 Å². The fourth-order valence-corrected chi connectivity index (χ4v) is 0.662. The number of hydrogen-bond donors (Lipinski definition) is 0. The van der Waals surface area contributed by atoms with Gasteiger partial charge in [-0.1, -0.05) is 0 Å². The molecule has 0 saturated heterocycles. The summed E-state index contributed by atoms with van der Waals surface area (Å²) in [6, 6.07) is 0. The van der Waals surface area contributed by atoms with Gasteiger partial charge in [0.2, 0.25) is 0 Å². The fraction of sp³-hybridized carbons (Fsp3) is 0.375. The van der Waals surface area contributed by atoms with Crippen LogP contribution in [0.1, 0.15) is 23.3 Å². The van der Waals surface area contributed by atoms with E-state index in [0.717, 1.165) is 0 Å². The van der Waals surface area contributed by atoms with Crippen molar-refractivity contribution >= 4 is 5.97 Å². The fourth-order valence-electron chi connectivity index (χ4n) is 0.662. The number of nitrogens with zero attached hydrogens (tertiary/aromatic N) is 2. The Hall–Kier alpha value is -1.83. The summed E-state index contributed by atoms with van der Waals surface area (Å²) in [7, 11) is 0. The highest BCUT2D eigenvalue weighted by Gasteiger charge is 2.10. The number of rotatable bonds is 2. The predicted octanol–water partition coefficient (Wildman–Crippen LogP) is 1.30. The number of oxazole rings is 1. The number of aryl methyl sites for hydroxylation is 1. The van der Waals surface area contributed by atoms with E-state index in [0.29, 0.717) is 12.5 Å². The highest BCUT2D eigenvalue weighted by atomic mass is 16.5. The summed E-state index contributed by atoms with van der Waals surface area (Å²) in [4.78, 5) is 14.7. The molecular formula is C8H10N2O3. The van der Waals surface area contributed by atoms with Gasteiger partial charge in [-0.3, -0.25) is 0 Å². The van der Waals surface area contributed by atoms with Gasteiger partial charge in [0.25, 0.3) is 0 Å². The van der Waals surface area contributed by atoms with Crippen LogP contribution in [0, 0.1) is 18.8 Å².